The van der Waals surface area contributed by atoms with E-state index < -0.39 is 6.04 Å². The summed E-state index contributed by atoms with van der Waals surface area (Å²) in [6.45, 7) is 5.06. The number of rotatable bonds is 7. The van der Waals surface area contributed by atoms with Crippen molar-refractivity contribution in [3.8, 4) is 0 Å². The number of aryl methyl sites for hydroxylation is 1. The number of benzene rings is 1. The molecule has 3 aliphatic rings. The fraction of sp³-hybridized carbons (Fsp3) is 0.586. The number of carbonyl (C=O) groups is 2. The van der Waals surface area contributed by atoms with Crippen molar-refractivity contribution in [1.29, 1.82) is 0 Å². The smallest absolute Gasteiger partial charge is 0.246 e. The zero-order valence-corrected chi connectivity index (χ0v) is 22.7. The van der Waals surface area contributed by atoms with Crippen LogP contribution in [-0.2, 0) is 16.0 Å². The summed E-state index contributed by atoms with van der Waals surface area (Å²) < 4.78 is 13.8. The summed E-state index contributed by atoms with van der Waals surface area (Å²) in [5.74, 6) is 1.19. The van der Waals surface area contributed by atoms with Gasteiger partial charge in [-0.2, -0.15) is 0 Å². The lowest BCUT2D eigenvalue weighted by Gasteiger charge is -2.35. The number of fused-ring (bicyclic) bond motifs is 1. The summed E-state index contributed by atoms with van der Waals surface area (Å²) in [6, 6.07) is 5.81. The van der Waals surface area contributed by atoms with E-state index in [1.165, 1.54) is 12.5 Å². The highest BCUT2D eigenvalue weighted by atomic mass is 19.1. The lowest BCUT2D eigenvalue weighted by Crippen LogP contribution is -2.55. The molecule has 1 aromatic carbocycles. The molecule has 1 aliphatic carbocycles. The number of hydrogen-bond acceptors (Lipinski definition) is 6. The Morgan fingerprint density at radius 1 is 1.05 bits per heavy atom. The van der Waals surface area contributed by atoms with Gasteiger partial charge in [0, 0.05) is 24.8 Å². The minimum absolute atomic E-state index is 0.00383. The Morgan fingerprint density at radius 2 is 1.84 bits per heavy atom. The molecule has 0 radical (unpaired) electrons. The third-order valence-corrected chi connectivity index (χ3v) is 8.45. The molecule has 0 spiro atoms. The molecule has 8 nitrogen and oxygen atoms in total. The van der Waals surface area contributed by atoms with Crippen molar-refractivity contribution in [3.05, 3.63) is 47.2 Å². The average Bonchev–Trinajstić information content (AvgIpc) is 3.58. The van der Waals surface area contributed by atoms with Crippen molar-refractivity contribution >= 4 is 23.3 Å². The molecule has 2 fully saturated rings. The zero-order valence-electron chi connectivity index (χ0n) is 22.7. The molecule has 1 saturated carbocycles. The van der Waals surface area contributed by atoms with E-state index in [4.69, 9.17) is 9.97 Å². The van der Waals surface area contributed by atoms with E-state index in [1.807, 2.05) is 30.9 Å². The first-order valence-electron chi connectivity index (χ1n) is 14.1. The number of halogens is 1. The molecule has 1 aromatic heterocycles. The molecule has 204 valence electrons. The highest BCUT2D eigenvalue weighted by Gasteiger charge is 2.40. The Kier molecular flexibility index (Phi) is 7.93. The number of aromatic nitrogens is 2. The standard InChI is InChI=1S/C29H39FN6O2/c1-18(31-3)28(37)34-27(20-8-5-4-6-9-20)29(38)36-14-7-10-25(36)23-17-26(33-19(2)32-23)35-15-13-21-16-22(30)11-12-24(21)35/h11-12,16-18,20,25,27,31H,4-10,13-15H2,1-3H3,(H,34,37)/t18-,25-,27-/m0/s1. The van der Waals surface area contributed by atoms with Crippen molar-refractivity contribution in [3.63, 3.8) is 0 Å². The fourth-order valence-electron chi connectivity index (χ4n) is 6.27. The van der Waals surface area contributed by atoms with E-state index in [0.717, 1.165) is 74.3 Å². The second-order valence-electron chi connectivity index (χ2n) is 11.0. The second-order valence-corrected chi connectivity index (χ2v) is 11.0. The summed E-state index contributed by atoms with van der Waals surface area (Å²) in [5.41, 5.74) is 2.77. The van der Waals surface area contributed by atoms with Crippen molar-refractivity contribution in [1.82, 2.24) is 25.5 Å². The van der Waals surface area contributed by atoms with Gasteiger partial charge in [0.25, 0.3) is 0 Å². The monoisotopic (exact) mass is 522 g/mol. The van der Waals surface area contributed by atoms with Crippen LogP contribution < -0.4 is 15.5 Å². The third-order valence-electron chi connectivity index (χ3n) is 8.45. The van der Waals surface area contributed by atoms with Crippen LogP contribution in [0, 0.1) is 18.7 Å². The molecule has 38 heavy (non-hydrogen) atoms. The number of anilines is 2. The van der Waals surface area contributed by atoms with Crippen LogP contribution in [0.25, 0.3) is 0 Å². The highest BCUT2D eigenvalue weighted by molar-refractivity contribution is 5.90. The lowest BCUT2D eigenvalue weighted by atomic mass is 9.83. The van der Waals surface area contributed by atoms with Gasteiger partial charge in [-0.1, -0.05) is 19.3 Å². The van der Waals surface area contributed by atoms with E-state index in [2.05, 4.69) is 15.5 Å². The highest BCUT2D eigenvalue weighted by Crippen LogP contribution is 2.38. The van der Waals surface area contributed by atoms with Gasteiger partial charge in [-0.15, -0.1) is 0 Å². The molecular formula is C29H39FN6O2. The Morgan fingerprint density at radius 3 is 2.61 bits per heavy atom. The SMILES string of the molecule is CN[C@@H](C)C(=O)N[C@H](C(=O)N1CCC[C@H]1c1cc(N2CCc3cc(F)ccc32)nc(C)n1)C1CCCCC1. The van der Waals surface area contributed by atoms with Gasteiger partial charge in [-0.3, -0.25) is 9.59 Å². The summed E-state index contributed by atoms with van der Waals surface area (Å²) in [7, 11) is 1.75. The van der Waals surface area contributed by atoms with Crippen molar-refractivity contribution in [2.24, 2.45) is 5.92 Å². The predicted molar refractivity (Wildman–Crippen MR) is 145 cm³/mol. The Balaban J connectivity index is 1.41. The van der Waals surface area contributed by atoms with E-state index >= 15 is 0 Å². The minimum atomic E-state index is -0.526. The predicted octanol–water partition coefficient (Wildman–Crippen LogP) is 3.95. The Hall–Kier alpha value is -3.07. The minimum Gasteiger partial charge on any atom is -0.343 e. The molecule has 2 aliphatic heterocycles. The molecule has 0 unspecified atom stereocenters. The fourth-order valence-corrected chi connectivity index (χ4v) is 6.27. The summed E-state index contributed by atoms with van der Waals surface area (Å²) in [6.07, 6.45) is 7.73. The van der Waals surface area contributed by atoms with Crippen molar-refractivity contribution < 1.29 is 14.0 Å². The molecule has 2 N–H and O–H groups in total. The van der Waals surface area contributed by atoms with Crippen LogP contribution >= 0.6 is 0 Å². The summed E-state index contributed by atoms with van der Waals surface area (Å²) >= 11 is 0. The first-order valence-corrected chi connectivity index (χ1v) is 14.1. The summed E-state index contributed by atoms with van der Waals surface area (Å²) in [5, 5.41) is 6.09. The van der Waals surface area contributed by atoms with Gasteiger partial charge in [0.1, 0.15) is 23.5 Å². The van der Waals surface area contributed by atoms with Gasteiger partial charge < -0.3 is 20.4 Å². The van der Waals surface area contributed by atoms with Crippen LogP contribution in [0.1, 0.15) is 75.0 Å². The molecule has 3 heterocycles. The van der Waals surface area contributed by atoms with Crippen LogP contribution in [-0.4, -0.2) is 58.9 Å². The van der Waals surface area contributed by atoms with Gasteiger partial charge >= 0.3 is 0 Å². The third kappa shape index (κ3) is 5.39. The van der Waals surface area contributed by atoms with Crippen LogP contribution in [0.3, 0.4) is 0 Å². The maximum atomic E-state index is 14.1. The molecule has 3 atom stereocenters. The first kappa shape index (κ1) is 26.5. The Labute approximate surface area is 224 Å². The van der Waals surface area contributed by atoms with Crippen LogP contribution in [0.5, 0.6) is 0 Å². The number of amides is 2. The molecule has 0 bridgehead atoms. The van der Waals surface area contributed by atoms with Gasteiger partial charge in [0.2, 0.25) is 11.8 Å². The maximum absolute atomic E-state index is 14.1. The van der Waals surface area contributed by atoms with Gasteiger partial charge in [0.15, 0.2) is 0 Å². The van der Waals surface area contributed by atoms with Gasteiger partial charge in [-0.25, -0.2) is 14.4 Å². The molecular weight excluding hydrogens is 483 g/mol. The molecule has 1 saturated heterocycles. The number of hydrogen-bond donors (Lipinski definition) is 2. The maximum Gasteiger partial charge on any atom is 0.246 e. The second kappa shape index (κ2) is 11.4. The van der Waals surface area contributed by atoms with E-state index in [1.54, 1.807) is 13.1 Å². The molecule has 2 aromatic rings. The van der Waals surface area contributed by atoms with Gasteiger partial charge in [-0.05, 0) is 82.7 Å². The molecule has 9 heteroatoms. The first-order chi connectivity index (χ1) is 18.4. The van der Waals surface area contributed by atoms with E-state index in [-0.39, 0.29) is 35.6 Å². The number of carbonyl (C=O) groups excluding carboxylic acids is 2. The topological polar surface area (TPSA) is 90.5 Å². The lowest BCUT2D eigenvalue weighted by molar-refractivity contribution is -0.139. The number of likely N-dealkylation sites (tertiary alicyclic amines) is 1. The van der Waals surface area contributed by atoms with Crippen LogP contribution in [0.15, 0.2) is 24.3 Å². The zero-order chi connectivity index (χ0) is 26.8. The van der Waals surface area contributed by atoms with Crippen LogP contribution in [0.4, 0.5) is 15.9 Å². The molecule has 2 amide bonds. The number of nitrogens with one attached hydrogen (secondary N) is 2. The largest absolute Gasteiger partial charge is 0.343 e. The van der Waals surface area contributed by atoms with E-state index in [0.29, 0.717) is 12.4 Å². The number of likely N-dealkylation sites (N-methyl/N-ethyl adjacent to an activating group) is 1. The van der Waals surface area contributed by atoms with Crippen LogP contribution in [0.2, 0.25) is 0 Å². The Bertz CT molecular complexity index is 1180. The van der Waals surface area contributed by atoms with Crippen molar-refractivity contribution in [2.75, 3.05) is 25.0 Å². The quantitative estimate of drug-likeness (QED) is 0.572. The van der Waals surface area contributed by atoms with Gasteiger partial charge in [0.05, 0.1) is 17.8 Å². The van der Waals surface area contributed by atoms with Crippen molar-refractivity contribution in [2.45, 2.75) is 83.3 Å². The van der Waals surface area contributed by atoms with E-state index in [9.17, 15) is 14.0 Å². The number of nitrogens with zero attached hydrogens (tertiary/aromatic N) is 4. The molecule has 5 rings (SSSR count). The normalized spacial score (nSPS) is 21.3. The average molecular weight is 523 g/mol. The summed E-state index contributed by atoms with van der Waals surface area (Å²) in [4.78, 5) is 40.5.